The molecule has 1 aromatic rings. The van der Waals surface area contributed by atoms with Crippen LogP contribution in [0.15, 0.2) is 29.1 Å². The van der Waals surface area contributed by atoms with E-state index >= 15 is 0 Å². The molecule has 0 saturated carbocycles. The molecule has 0 bridgehead atoms. The SMILES string of the molecule is C=C(Cl)CNC(=O)CCCc1cccs1. The smallest absolute Gasteiger partial charge is 0.220 e. The van der Waals surface area contributed by atoms with Crippen molar-refractivity contribution in [3.63, 3.8) is 0 Å². The Hall–Kier alpha value is -0.800. The fraction of sp³-hybridized carbons (Fsp3) is 0.364. The first-order chi connectivity index (χ1) is 7.18. The van der Waals surface area contributed by atoms with Gasteiger partial charge in [0.25, 0.3) is 0 Å². The third-order valence-corrected chi connectivity index (χ3v) is 2.95. The number of hydrogen-bond acceptors (Lipinski definition) is 2. The molecule has 0 aliphatic rings. The lowest BCUT2D eigenvalue weighted by atomic mass is 10.2. The highest BCUT2D eigenvalue weighted by molar-refractivity contribution is 7.09. The van der Waals surface area contributed by atoms with Crippen molar-refractivity contribution in [3.05, 3.63) is 34.0 Å². The zero-order valence-electron chi connectivity index (χ0n) is 8.46. The molecule has 1 N–H and O–H groups in total. The van der Waals surface area contributed by atoms with Gasteiger partial charge in [0.1, 0.15) is 0 Å². The van der Waals surface area contributed by atoms with E-state index in [0.717, 1.165) is 12.8 Å². The first-order valence-corrected chi connectivity index (χ1v) is 6.06. The van der Waals surface area contributed by atoms with Gasteiger partial charge in [0.2, 0.25) is 5.91 Å². The Morgan fingerprint density at radius 3 is 3.00 bits per heavy atom. The summed E-state index contributed by atoms with van der Waals surface area (Å²) in [6.07, 6.45) is 2.39. The summed E-state index contributed by atoms with van der Waals surface area (Å²) >= 11 is 7.26. The van der Waals surface area contributed by atoms with Gasteiger partial charge < -0.3 is 5.32 Å². The summed E-state index contributed by atoms with van der Waals surface area (Å²) in [5.41, 5.74) is 0. The number of carbonyl (C=O) groups excluding carboxylic acids is 1. The van der Waals surface area contributed by atoms with E-state index in [1.54, 1.807) is 11.3 Å². The quantitative estimate of drug-likeness (QED) is 0.818. The minimum atomic E-state index is 0.0355. The second kappa shape index (κ2) is 6.64. The molecule has 0 aromatic carbocycles. The van der Waals surface area contributed by atoms with E-state index in [9.17, 15) is 4.79 Å². The molecule has 1 aromatic heterocycles. The van der Waals surface area contributed by atoms with Crippen LogP contribution in [0.3, 0.4) is 0 Å². The molecule has 82 valence electrons. The van der Waals surface area contributed by atoms with E-state index in [2.05, 4.69) is 18.0 Å². The number of carbonyl (C=O) groups is 1. The van der Waals surface area contributed by atoms with Crippen LogP contribution in [0.2, 0.25) is 0 Å². The normalized spacial score (nSPS) is 9.93. The van der Waals surface area contributed by atoms with Crippen LogP contribution in [0.25, 0.3) is 0 Å². The van der Waals surface area contributed by atoms with Gasteiger partial charge in [-0.3, -0.25) is 4.79 Å². The largest absolute Gasteiger partial charge is 0.351 e. The maximum absolute atomic E-state index is 11.3. The Morgan fingerprint density at radius 2 is 2.40 bits per heavy atom. The molecule has 1 rings (SSSR count). The topological polar surface area (TPSA) is 29.1 Å². The maximum atomic E-state index is 11.3. The van der Waals surface area contributed by atoms with Gasteiger partial charge >= 0.3 is 0 Å². The summed E-state index contributed by atoms with van der Waals surface area (Å²) in [7, 11) is 0. The highest BCUT2D eigenvalue weighted by Crippen LogP contribution is 2.11. The fourth-order valence-electron chi connectivity index (χ4n) is 1.16. The van der Waals surface area contributed by atoms with Gasteiger partial charge in [-0.05, 0) is 24.3 Å². The highest BCUT2D eigenvalue weighted by atomic mass is 35.5. The molecule has 1 heterocycles. The molecule has 0 aliphatic carbocycles. The van der Waals surface area contributed by atoms with Crippen LogP contribution in [0.1, 0.15) is 17.7 Å². The van der Waals surface area contributed by atoms with Gasteiger partial charge in [0.05, 0.1) is 6.54 Å². The molecule has 0 radical (unpaired) electrons. The van der Waals surface area contributed by atoms with E-state index in [0.29, 0.717) is 18.0 Å². The number of nitrogens with one attached hydrogen (secondary N) is 1. The average Bonchev–Trinajstić information content (AvgIpc) is 2.67. The summed E-state index contributed by atoms with van der Waals surface area (Å²) in [4.78, 5) is 12.6. The van der Waals surface area contributed by atoms with Crippen LogP contribution >= 0.6 is 22.9 Å². The maximum Gasteiger partial charge on any atom is 0.220 e. The van der Waals surface area contributed by atoms with Crippen molar-refractivity contribution in [1.82, 2.24) is 5.32 Å². The van der Waals surface area contributed by atoms with Gasteiger partial charge in [-0.25, -0.2) is 0 Å². The predicted molar refractivity (Wildman–Crippen MR) is 65.3 cm³/mol. The molecule has 1 amide bonds. The van der Waals surface area contributed by atoms with Crippen molar-refractivity contribution in [1.29, 1.82) is 0 Å². The molecular formula is C11H14ClNOS. The third kappa shape index (κ3) is 5.60. The molecule has 0 aliphatic heterocycles. The number of amides is 1. The van der Waals surface area contributed by atoms with Gasteiger partial charge in [-0.15, -0.1) is 11.3 Å². The van der Waals surface area contributed by atoms with E-state index in [1.807, 2.05) is 11.4 Å². The number of rotatable bonds is 6. The number of halogens is 1. The van der Waals surface area contributed by atoms with E-state index < -0.39 is 0 Å². The van der Waals surface area contributed by atoms with Crippen molar-refractivity contribution in [2.75, 3.05) is 6.54 Å². The second-order valence-electron chi connectivity index (χ2n) is 3.23. The Balaban J connectivity index is 2.09. The van der Waals surface area contributed by atoms with Crippen LogP contribution in [0.5, 0.6) is 0 Å². The zero-order chi connectivity index (χ0) is 11.1. The predicted octanol–water partition coefficient (Wildman–Crippen LogP) is 2.94. The van der Waals surface area contributed by atoms with Crippen molar-refractivity contribution in [2.24, 2.45) is 0 Å². The Morgan fingerprint density at radius 1 is 1.60 bits per heavy atom. The van der Waals surface area contributed by atoms with Crippen LogP contribution in [0.4, 0.5) is 0 Å². The molecular weight excluding hydrogens is 230 g/mol. The molecule has 0 unspecified atom stereocenters. The van der Waals surface area contributed by atoms with Crippen LogP contribution in [-0.2, 0) is 11.2 Å². The van der Waals surface area contributed by atoms with Gasteiger partial charge in [0, 0.05) is 16.3 Å². The van der Waals surface area contributed by atoms with Crippen LogP contribution in [-0.4, -0.2) is 12.5 Å². The fourth-order valence-corrected chi connectivity index (χ4v) is 1.98. The summed E-state index contributed by atoms with van der Waals surface area (Å²) in [6, 6.07) is 4.11. The first-order valence-electron chi connectivity index (χ1n) is 4.81. The van der Waals surface area contributed by atoms with E-state index in [4.69, 9.17) is 11.6 Å². The summed E-state index contributed by atoms with van der Waals surface area (Å²) < 4.78 is 0. The first kappa shape index (κ1) is 12.3. The molecule has 0 spiro atoms. The van der Waals surface area contributed by atoms with E-state index in [1.165, 1.54) is 4.88 Å². The lowest BCUT2D eigenvalue weighted by Crippen LogP contribution is -2.24. The molecule has 0 saturated heterocycles. The monoisotopic (exact) mass is 243 g/mol. The van der Waals surface area contributed by atoms with Crippen molar-refractivity contribution in [3.8, 4) is 0 Å². The second-order valence-corrected chi connectivity index (χ2v) is 4.79. The molecule has 2 nitrogen and oxygen atoms in total. The van der Waals surface area contributed by atoms with Gasteiger partial charge in [-0.1, -0.05) is 24.2 Å². The standard InChI is InChI=1S/C11H14ClNOS/c1-9(12)8-13-11(14)6-2-4-10-5-3-7-15-10/h3,5,7H,1-2,4,6,8H2,(H,13,14). The van der Waals surface area contributed by atoms with Crippen LogP contribution < -0.4 is 5.32 Å². The van der Waals surface area contributed by atoms with Crippen LogP contribution in [0, 0.1) is 0 Å². The summed E-state index contributed by atoms with van der Waals surface area (Å²) in [5, 5.41) is 5.20. The van der Waals surface area contributed by atoms with E-state index in [-0.39, 0.29) is 5.91 Å². The minimum absolute atomic E-state index is 0.0355. The number of aryl methyl sites for hydroxylation is 1. The summed E-state index contributed by atoms with van der Waals surface area (Å²) in [6.45, 7) is 3.86. The lowest BCUT2D eigenvalue weighted by Gasteiger charge is -2.02. The van der Waals surface area contributed by atoms with Gasteiger partial charge in [-0.2, -0.15) is 0 Å². The number of hydrogen-bond donors (Lipinski definition) is 1. The molecule has 15 heavy (non-hydrogen) atoms. The third-order valence-electron chi connectivity index (χ3n) is 1.88. The lowest BCUT2D eigenvalue weighted by molar-refractivity contribution is -0.120. The Kier molecular flexibility index (Phi) is 5.43. The Bertz CT molecular complexity index is 321. The van der Waals surface area contributed by atoms with Gasteiger partial charge in [0.15, 0.2) is 0 Å². The van der Waals surface area contributed by atoms with Crippen molar-refractivity contribution >= 4 is 28.8 Å². The molecule has 0 atom stereocenters. The minimum Gasteiger partial charge on any atom is -0.351 e. The van der Waals surface area contributed by atoms with Crippen molar-refractivity contribution in [2.45, 2.75) is 19.3 Å². The van der Waals surface area contributed by atoms with Crippen molar-refractivity contribution < 1.29 is 4.79 Å². The average molecular weight is 244 g/mol. The summed E-state index contributed by atoms with van der Waals surface area (Å²) in [5.74, 6) is 0.0355. The Labute approximate surface area is 99.0 Å². The molecule has 0 fully saturated rings. The number of thiophene rings is 1. The highest BCUT2D eigenvalue weighted by Gasteiger charge is 2.01. The zero-order valence-corrected chi connectivity index (χ0v) is 10.0. The molecule has 4 heteroatoms.